The van der Waals surface area contributed by atoms with E-state index < -0.39 is 10.0 Å². The van der Waals surface area contributed by atoms with E-state index in [1.54, 1.807) is 20.9 Å². The molecule has 0 amide bonds. The Kier molecular flexibility index (Phi) is 2.73. The highest BCUT2D eigenvalue weighted by Crippen LogP contribution is 2.23. The number of aromatic nitrogens is 4. The summed E-state index contributed by atoms with van der Waals surface area (Å²) in [5, 5.41) is 7.31. The van der Waals surface area contributed by atoms with Crippen LogP contribution in [0.1, 0.15) is 11.5 Å². The van der Waals surface area contributed by atoms with Gasteiger partial charge < -0.3 is 10.3 Å². The molecule has 0 fully saturated rings. The third-order valence-electron chi connectivity index (χ3n) is 2.32. The molecule has 2 aromatic rings. The normalized spacial score (nSPS) is 11.7. The first-order valence-corrected chi connectivity index (χ1v) is 6.42. The minimum absolute atomic E-state index is 0.0845. The molecule has 2 heterocycles. The zero-order valence-corrected chi connectivity index (χ0v) is 10.8. The van der Waals surface area contributed by atoms with Gasteiger partial charge in [-0.05, 0) is 13.8 Å². The van der Waals surface area contributed by atoms with Crippen molar-refractivity contribution >= 4 is 21.9 Å². The summed E-state index contributed by atoms with van der Waals surface area (Å²) in [6.07, 6.45) is 0. The molecule has 0 saturated heterocycles. The molecule has 0 aromatic carbocycles. The van der Waals surface area contributed by atoms with Crippen LogP contribution in [0.15, 0.2) is 9.42 Å². The van der Waals surface area contributed by atoms with Crippen LogP contribution in [0, 0.1) is 13.8 Å². The molecule has 0 spiro atoms. The lowest BCUT2D eigenvalue weighted by Gasteiger charge is -2.03. The largest absolute Gasteiger partial charge is 0.381 e. The number of hydrogen-bond donors (Lipinski definition) is 2. The lowest BCUT2D eigenvalue weighted by atomic mass is 10.5. The number of sulfonamides is 1. The Hall–Kier alpha value is -2.10. The van der Waals surface area contributed by atoms with Crippen molar-refractivity contribution in [2.24, 2.45) is 7.05 Å². The first-order chi connectivity index (χ1) is 8.31. The van der Waals surface area contributed by atoms with Crippen molar-refractivity contribution in [2.45, 2.75) is 18.7 Å². The third-order valence-corrected chi connectivity index (χ3v) is 3.81. The molecule has 0 aliphatic carbocycles. The Morgan fingerprint density at radius 3 is 2.50 bits per heavy atom. The Morgan fingerprint density at radius 1 is 1.39 bits per heavy atom. The van der Waals surface area contributed by atoms with Crippen molar-refractivity contribution in [3.8, 4) is 0 Å². The first-order valence-electron chi connectivity index (χ1n) is 4.93. The van der Waals surface area contributed by atoms with E-state index in [4.69, 9.17) is 5.73 Å². The monoisotopic (exact) mass is 272 g/mol. The Morgan fingerprint density at radius 2 is 2.06 bits per heavy atom. The van der Waals surface area contributed by atoms with Crippen LogP contribution in [0.5, 0.6) is 0 Å². The van der Waals surface area contributed by atoms with Crippen LogP contribution in [-0.4, -0.2) is 28.3 Å². The van der Waals surface area contributed by atoms with Gasteiger partial charge in [-0.15, -0.1) is 0 Å². The van der Waals surface area contributed by atoms with Gasteiger partial charge in [-0.1, -0.05) is 5.16 Å². The molecule has 2 aromatic heterocycles. The van der Waals surface area contributed by atoms with Gasteiger partial charge in [0.25, 0.3) is 10.0 Å². The molecule has 3 N–H and O–H groups in total. The van der Waals surface area contributed by atoms with E-state index in [-0.39, 0.29) is 16.7 Å². The van der Waals surface area contributed by atoms with Gasteiger partial charge in [-0.2, -0.15) is 10.1 Å². The van der Waals surface area contributed by atoms with Crippen LogP contribution in [-0.2, 0) is 17.1 Å². The van der Waals surface area contributed by atoms with Crippen LogP contribution in [0.3, 0.4) is 0 Å². The Balaban J connectivity index is 2.43. The average molecular weight is 272 g/mol. The summed E-state index contributed by atoms with van der Waals surface area (Å²) < 4.78 is 32.4. The maximum atomic E-state index is 12.1. The van der Waals surface area contributed by atoms with Crippen LogP contribution in [0.4, 0.5) is 11.8 Å². The van der Waals surface area contributed by atoms with Gasteiger partial charge in [0.05, 0.1) is 5.69 Å². The number of hydrogen-bond acceptors (Lipinski definition) is 7. The zero-order chi connectivity index (χ0) is 13.5. The van der Waals surface area contributed by atoms with Crippen molar-refractivity contribution < 1.29 is 12.9 Å². The molecule has 18 heavy (non-hydrogen) atoms. The third kappa shape index (κ3) is 2.01. The average Bonchev–Trinajstić information content (AvgIpc) is 2.72. The zero-order valence-electron chi connectivity index (χ0n) is 10.00. The lowest BCUT2D eigenvalue weighted by molar-refractivity contribution is 0.429. The first kappa shape index (κ1) is 12.4. The number of nitrogens with zero attached hydrogens (tertiary/aromatic N) is 4. The summed E-state index contributed by atoms with van der Waals surface area (Å²) >= 11 is 0. The fraction of sp³-hybridized carbons (Fsp3) is 0.375. The Bertz CT molecular complexity index is 686. The summed E-state index contributed by atoms with van der Waals surface area (Å²) in [4.78, 5) is 3.65. The van der Waals surface area contributed by atoms with Crippen LogP contribution in [0.25, 0.3) is 0 Å². The second kappa shape index (κ2) is 3.98. The van der Waals surface area contributed by atoms with Gasteiger partial charge in [0, 0.05) is 7.05 Å². The quantitative estimate of drug-likeness (QED) is 0.791. The van der Waals surface area contributed by atoms with Crippen molar-refractivity contribution in [3.05, 3.63) is 11.5 Å². The van der Waals surface area contributed by atoms with Crippen molar-refractivity contribution in [1.82, 2.24) is 19.9 Å². The molecule has 0 bridgehead atoms. The Labute approximate surface area is 103 Å². The molecule has 10 heteroatoms. The predicted molar refractivity (Wildman–Crippen MR) is 62.2 cm³/mol. The molecule has 2 rings (SSSR count). The summed E-state index contributed by atoms with van der Waals surface area (Å²) in [5.74, 6) is 0.238. The number of nitrogen functional groups attached to an aromatic ring is 1. The number of nitrogens with two attached hydrogens (primary N) is 1. The maximum absolute atomic E-state index is 12.1. The smallest absolute Gasteiger partial charge is 0.335 e. The standard InChI is InChI=1S/C8H12N6O3S/c1-4-6(7(9)11-14(4)3)18(15,16)13-8-10-5(2)12-17-8/h1-3H3,(H2,9,11)(H,10,12,13). The van der Waals surface area contributed by atoms with Crippen LogP contribution >= 0.6 is 0 Å². The highest BCUT2D eigenvalue weighted by atomic mass is 32.2. The van der Waals surface area contributed by atoms with E-state index in [0.29, 0.717) is 11.5 Å². The second-order valence-electron chi connectivity index (χ2n) is 3.68. The van der Waals surface area contributed by atoms with Crippen LogP contribution < -0.4 is 10.5 Å². The SMILES string of the molecule is Cc1noc(NS(=O)(=O)c2c(N)nn(C)c2C)n1. The lowest BCUT2D eigenvalue weighted by Crippen LogP contribution is -2.15. The van der Waals surface area contributed by atoms with E-state index in [2.05, 4.69) is 24.5 Å². The van der Waals surface area contributed by atoms with Crippen LogP contribution in [0.2, 0.25) is 0 Å². The van der Waals surface area contributed by atoms with E-state index in [9.17, 15) is 8.42 Å². The molecule has 0 radical (unpaired) electrons. The van der Waals surface area contributed by atoms with E-state index >= 15 is 0 Å². The van der Waals surface area contributed by atoms with Gasteiger partial charge in [0.15, 0.2) is 16.5 Å². The molecule has 0 saturated carbocycles. The number of rotatable bonds is 3. The molecule has 0 aliphatic heterocycles. The highest BCUT2D eigenvalue weighted by molar-refractivity contribution is 7.92. The van der Waals surface area contributed by atoms with Crippen molar-refractivity contribution in [1.29, 1.82) is 0 Å². The molecule has 0 atom stereocenters. The predicted octanol–water partition coefficient (Wildman–Crippen LogP) is -0.197. The second-order valence-corrected chi connectivity index (χ2v) is 5.29. The van der Waals surface area contributed by atoms with Gasteiger partial charge in [0.1, 0.15) is 0 Å². The molecular weight excluding hydrogens is 260 g/mol. The fourth-order valence-electron chi connectivity index (χ4n) is 1.45. The number of anilines is 2. The van der Waals surface area contributed by atoms with Crippen molar-refractivity contribution in [2.75, 3.05) is 10.5 Å². The minimum Gasteiger partial charge on any atom is -0.381 e. The van der Waals surface area contributed by atoms with Gasteiger partial charge in [-0.3, -0.25) is 4.68 Å². The van der Waals surface area contributed by atoms with Crippen molar-refractivity contribution in [3.63, 3.8) is 0 Å². The highest BCUT2D eigenvalue weighted by Gasteiger charge is 2.26. The van der Waals surface area contributed by atoms with E-state index in [1.165, 1.54) is 4.68 Å². The minimum atomic E-state index is -3.90. The number of nitrogens with one attached hydrogen (secondary N) is 1. The number of aryl methyl sites for hydroxylation is 2. The molecular formula is C8H12N6O3S. The summed E-state index contributed by atoms with van der Waals surface area (Å²) in [6.45, 7) is 3.17. The summed E-state index contributed by atoms with van der Waals surface area (Å²) in [7, 11) is -2.30. The van der Waals surface area contributed by atoms with Gasteiger partial charge >= 0.3 is 6.01 Å². The molecule has 9 nitrogen and oxygen atoms in total. The van der Waals surface area contributed by atoms with Gasteiger partial charge in [-0.25, -0.2) is 13.1 Å². The fourth-order valence-corrected chi connectivity index (χ4v) is 2.70. The van der Waals surface area contributed by atoms with Gasteiger partial charge in [0.2, 0.25) is 0 Å². The molecule has 98 valence electrons. The summed E-state index contributed by atoms with van der Waals surface area (Å²) in [6, 6.07) is -0.213. The maximum Gasteiger partial charge on any atom is 0.335 e. The molecule has 0 unspecified atom stereocenters. The van der Waals surface area contributed by atoms with E-state index in [0.717, 1.165) is 0 Å². The molecule has 0 aliphatic rings. The van der Waals surface area contributed by atoms with E-state index in [1.807, 2.05) is 0 Å². The summed E-state index contributed by atoms with van der Waals surface area (Å²) in [5.41, 5.74) is 5.98. The topological polar surface area (TPSA) is 129 Å².